The monoisotopic (exact) mass is 258 g/mol. The molecule has 0 spiro atoms. The second-order valence-corrected chi connectivity index (χ2v) is 4.46. The zero-order valence-electron chi connectivity index (χ0n) is 11.2. The molecule has 0 aliphatic heterocycles. The summed E-state index contributed by atoms with van der Waals surface area (Å²) in [6.45, 7) is 4.63. The standard InChI is InChI=1S/C14H18N4O/c1-9-8-12-11(4-3-5-13(12)15)14(18-9)17-7-6-16-10(2)19/h3-5,8H,6-7,15H2,1-2H3,(H,16,19)(H,17,18). The Balaban J connectivity index is 2.22. The predicted octanol–water partition coefficient (Wildman–Crippen LogP) is 1.67. The molecule has 1 heterocycles. The molecule has 0 aliphatic carbocycles. The lowest BCUT2D eigenvalue weighted by Gasteiger charge is -2.11. The Kier molecular flexibility index (Phi) is 3.85. The molecule has 0 saturated carbocycles. The highest BCUT2D eigenvalue weighted by molar-refractivity contribution is 5.99. The fourth-order valence-corrected chi connectivity index (χ4v) is 1.98. The summed E-state index contributed by atoms with van der Waals surface area (Å²) in [7, 11) is 0. The number of hydrogen-bond donors (Lipinski definition) is 3. The number of pyridine rings is 1. The lowest BCUT2D eigenvalue weighted by molar-refractivity contribution is -0.118. The molecule has 100 valence electrons. The second kappa shape index (κ2) is 5.56. The average molecular weight is 258 g/mol. The first-order chi connectivity index (χ1) is 9.08. The number of carbonyl (C=O) groups excluding carboxylic acids is 1. The van der Waals surface area contributed by atoms with Crippen LogP contribution in [-0.2, 0) is 4.79 Å². The third-order valence-corrected chi connectivity index (χ3v) is 2.83. The number of nitrogen functional groups attached to an aromatic ring is 1. The third-order valence-electron chi connectivity index (χ3n) is 2.83. The number of carbonyl (C=O) groups is 1. The lowest BCUT2D eigenvalue weighted by atomic mass is 10.1. The molecule has 0 fully saturated rings. The van der Waals surface area contributed by atoms with E-state index in [0.717, 1.165) is 28.0 Å². The van der Waals surface area contributed by atoms with E-state index in [1.165, 1.54) is 6.92 Å². The van der Waals surface area contributed by atoms with E-state index in [9.17, 15) is 4.79 Å². The van der Waals surface area contributed by atoms with Crippen LogP contribution < -0.4 is 16.4 Å². The number of nitrogens with one attached hydrogen (secondary N) is 2. The number of rotatable bonds is 4. The van der Waals surface area contributed by atoms with Crippen LogP contribution in [-0.4, -0.2) is 24.0 Å². The molecule has 2 rings (SSSR count). The minimum Gasteiger partial charge on any atom is -0.398 e. The number of anilines is 2. The second-order valence-electron chi connectivity index (χ2n) is 4.46. The van der Waals surface area contributed by atoms with Gasteiger partial charge in [-0.3, -0.25) is 4.79 Å². The van der Waals surface area contributed by atoms with Gasteiger partial charge in [0.05, 0.1) is 0 Å². The summed E-state index contributed by atoms with van der Waals surface area (Å²) in [6.07, 6.45) is 0. The molecule has 0 aliphatic rings. The maximum absolute atomic E-state index is 10.8. The van der Waals surface area contributed by atoms with Gasteiger partial charge in [0.1, 0.15) is 5.82 Å². The molecule has 4 N–H and O–H groups in total. The van der Waals surface area contributed by atoms with Crippen LogP contribution in [0.2, 0.25) is 0 Å². The van der Waals surface area contributed by atoms with Crippen molar-refractivity contribution in [2.75, 3.05) is 24.1 Å². The van der Waals surface area contributed by atoms with E-state index in [-0.39, 0.29) is 5.91 Å². The number of benzene rings is 1. The van der Waals surface area contributed by atoms with Crippen molar-refractivity contribution in [3.8, 4) is 0 Å². The molecule has 0 saturated heterocycles. The Labute approximate surface area is 112 Å². The molecule has 5 heteroatoms. The largest absolute Gasteiger partial charge is 0.398 e. The summed E-state index contributed by atoms with van der Waals surface area (Å²) < 4.78 is 0. The van der Waals surface area contributed by atoms with Gasteiger partial charge in [-0.2, -0.15) is 0 Å². The number of hydrogen-bond acceptors (Lipinski definition) is 4. The minimum absolute atomic E-state index is 0.0342. The molecule has 2 aromatic rings. The maximum Gasteiger partial charge on any atom is 0.216 e. The van der Waals surface area contributed by atoms with E-state index in [1.807, 2.05) is 31.2 Å². The van der Waals surface area contributed by atoms with Gasteiger partial charge >= 0.3 is 0 Å². The normalized spacial score (nSPS) is 10.4. The van der Waals surface area contributed by atoms with Gasteiger partial charge in [-0.05, 0) is 19.1 Å². The Morgan fingerprint density at radius 1 is 1.32 bits per heavy atom. The van der Waals surface area contributed by atoms with Gasteiger partial charge in [-0.1, -0.05) is 12.1 Å². The number of nitrogens with zero attached hydrogens (tertiary/aromatic N) is 1. The number of amides is 1. The van der Waals surface area contributed by atoms with Crippen molar-refractivity contribution in [3.63, 3.8) is 0 Å². The fraction of sp³-hybridized carbons (Fsp3) is 0.286. The van der Waals surface area contributed by atoms with Gasteiger partial charge in [0.25, 0.3) is 0 Å². The summed E-state index contributed by atoms with van der Waals surface area (Å²) in [4.78, 5) is 15.3. The number of aryl methyl sites for hydroxylation is 1. The van der Waals surface area contributed by atoms with Crippen molar-refractivity contribution in [1.29, 1.82) is 0 Å². The Hall–Kier alpha value is -2.30. The van der Waals surface area contributed by atoms with Crippen LogP contribution in [0.4, 0.5) is 11.5 Å². The van der Waals surface area contributed by atoms with Crippen molar-refractivity contribution < 1.29 is 4.79 Å². The summed E-state index contributed by atoms with van der Waals surface area (Å²) >= 11 is 0. The Bertz CT molecular complexity index is 610. The van der Waals surface area contributed by atoms with Gasteiger partial charge < -0.3 is 16.4 Å². The first kappa shape index (κ1) is 13.1. The smallest absolute Gasteiger partial charge is 0.216 e. The van der Waals surface area contributed by atoms with Crippen LogP contribution in [0.15, 0.2) is 24.3 Å². The molecule has 1 aromatic heterocycles. The molecule has 0 radical (unpaired) electrons. The molecule has 0 atom stereocenters. The maximum atomic E-state index is 10.8. The highest BCUT2D eigenvalue weighted by Crippen LogP contribution is 2.26. The van der Waals surface area contributed by atoms with E-state index in [4.69, 9.17) is 5.73 Å². The Morgan fingerprint density at radius 3 is 2.84 bits per heavy atom. The molecule has 1 aromatic carbocycles. The minimum atomic E-state index is -0.0342. The summed E-state index contributed by atoms with van der Waals surface area (Å²) in [6, 6.07) is 7.75. The zero-order chi connectivity index (χ0) is 13.8. The molecule has 19 heavy (non-hydrogen) atoms. The first-order valence-corrected chi connectivity index (χ1v) is 6.22. The topological polar surface area (TPSA) is 80.0 Å². The highest BCUT2D eigenvalue weighted by Gasteiger charge is 2.05. The van der Waals surface area contributed by atoms with Crippen molar-refractivity contribution in [1.82, 2.24) is 10.3 Å². The molecule has 0 bridgehead atoms. The lowest BCUT2D eigenvalue weighted by Crippen LogP contribution is -2.26. The SMILES string of the molecule is CC(=O)NCCNc1nc(C)cc2c(N)cccc12. The van der Waals surface area contributed by atoms with Crippen LogP contribution in [0.5, 0.6) is 0 Å². The van der Waals surface area contributed by atoms with E-state index in [2.05, 4.69) is 15.6 Å². The van der Waals surface area contributed by atoms with Gasteiger partial charge in [0.15, 0.2) is 0 Å². The van der Waals surface area contributed by atoms with Crippen LogP contribution in [0, 0.1) is 6.92 Å². The van der Waals surface area contributed by atoms with Crippen LogP contribution in [0.1, 0.15) is 12.6 Å². The molecule has 5 nitrogen and oxygen atoms in total. The van der Waals surface area contributed by atoms with Crippen molar-refractivity contribution in [3.05, 3.63) is 30.0 Å². The van der Waals surface area contributed by atoms with Crippen molar-refractivity contribution in [2.24, 2.45) is 0 Å². The van der Waals surface area contributed by atoms with Crippen LogP contribution in [0.3, 0.4) is 0 Å². The number of fused-ring (bicyclic) bond motifs is 1. The quantitative estimate of drug-likeness (QED) is 0.575. The van der Waals surface area contributed by atoms with Gasteiger partial charge in [0.2, 0.25) is 5.91 Å². The van der Waals surface area contributed by atoms with Gasteiger partial charge in [0, 0.05) is 42.2 Å². The molecule has 0 unspecified atom stereocenters. The van der Waals surface area contributed by atoms with Crippen molar-refractivity contribution in [2.45, 2.75) is 13.8 Å². The number of nitrogens with two attached hydrogens (primary N) is 1. The zero-order valence-corrected chi connectivity index (χ0v) is 11.2. The van der Waals surface area contributed by atoms with Crippen LogP contribution in [0.25, 0.3) is 10.8 Å². The number of aromatic nitrogens is 1. The highest BCUT2D eigenvalue weighted by atomic mass is 16.1. The molecular formula is C14H18N4O. The average Bonchev–Trinajstić information content (AvgIpc) is 2.35. The van der Waals surface area contributed by atoms with Crippen LogP contribution >= 0.6 is 0 Å². The van der Waals surface area contributed by atoms with Gasteiger partial charge in [-0.15, -0.1) is 0 Å². The Morgan fingerprint density at radius 2 is 2.11 bits per heavy atom. The van der Waals surface area contributed by atoms with Gasteiger partial charge in [-0.25, -0.2) is 4.98 Å². The third kappa shape index (κ3) is 3.13. The predicted molar refractivity (Wildman–Crippen MR) is 78.1 cm³/mol. The molecular weight excluding hydrogens is 240 g/mol. The van der Waals surface area contributed by atoms with E-state index in [0.29, 0.717) is 13.1 Å². The first-order valence-electron chi connectivity index (χ1n) is 6.22. The van der Waals surface area contributed by atoms with E-state index < -0.39 is 0 Å². The summed E-state index contributed by atoms with van der Waals surface area (Å²) in [5, 5.41) is 7.96. The summed E-state index contributed by atoms with van der Waals surface area (Å²) in [5.41, 5.74) is 7.63. The van der Waals surface area contributed by atoms with E-state index >= 15 is 0 Å². The molecule has 1 amide bonds. The van der Waals surface area contributed by atoms with E-state index in [1.54, 1.807) is 0 Å². The van der Waals surface area contributed by atoms with Crippen molar-refractivity contribution >= 4 is 28.2 Å². The fourth-order valence-electron chi connectivity index (χ4n) is 1.98. The summed E-state index contributed by atoms with van der Waals surface area (Å²) in [5.74, 6) is 0.765.